The van der Waals surface area contributed by atoms with E-state index in [-0.39, 0.29) is 10.7 Å². The van der Waals surface area contributed by atoms with Gasteiger partial charge in [0.15, 0.2) is 10.7 Å². The number of aromatic carboxylic acids is 1. The molecule has 1 heterocycles. The third kappa shape index (κ3) is 4.32. The van der Waals surface area contributed by atoms with E-state index >= 15 is 0 Å². The van der Waals surface area contributed by atoms with E-state index in [9.17, 15) is 22.8 Å². The molecule has 0 aliphatic rings. The van der Waals surface area contributed by atoms with Crippen molar-refractivity contribution in [3.05, 3.63) is 16.1 Å². The molecule has 0 aromatic carbocycles. The highest BCUT2D eigenvalue weighted by Crippen LogP contribution is 2.21. The maximum Gasteiger partial charge on any atom is 0.391 e. The largest absolute Gasteiger partial charge is 0.476 e. The van der Waals surface area contributed by atoms with E-state index in [0.29, 0.717) is 0 Å². The summed E-state index contributed by atoms with van der Waals surface area (Å²) in [5, 5.41) is 11.6. The number of carbonyl (C=O) groups is 2. The van der Waals surface area contributed by atoms with Crippen LogP contribution in [-0.4, -0.2) is 34.2 Å². The van der Waals surface area contributed by atoms with Crippen LogP contribution in [0.2, 0.25) is 0 Å². The number of hydrogen-bond acceptors (Lipinski definition) is 4. The van der Waals surface area contributed by atoms with E-state index < -0.39 is 30.5 Å². The number of nitrogens with one attached hydrogen (secondary N) is 1. The second-order valence-electron chi connectivity index (χ2n) is 3.54. The lowest BCUT2D eigenvalue weighted by Gasteiger charge is -2.14. The maximum absolute atomic E-state index is 12.0. The van der Waals surface area contributed by atoms with Crippen LogP contribution in [0.25, 0.3) is 0 Å². The van der Waals surface area contributed by atoms with Crippen LogP contribution in [0.4, 0.5) is 13.2 Å². The lowest BCUT2D eigenvalue weighted by Crippen LogP contribution is -2.35. The van der Waals surface area contributed by atoms with Gasteiger partial charge in [-0.05, 0) is 6.92 Å². The molecule has 0 aliphatic heterocycles. The molecule has 1 unspecified atom stereocenters. The summed E-state index contributed by atoms with van der Waals surface area (Å²) in [4.78, 5) is 25.4. The second-order valence-corrected chi connectivity index (χ2v) is 4.39. The lowest BCUT2D eigenvalue weighted by atomic mass is 10.2. The number of alkyl halides is 3. The predicted molar refractivity (Wildman–Crippen MR) is 56.7 cm³/mol. The molecule has 0 fully saturated rings. The van der Waals surface area contributed by atoms with Gasteiger partial charge in [-0.1, -0.05) is 0 Å². The Balaban J connectivity index is 2.62. The Hall–Kier alpha value is -1.64. The van der Waals surface area contributed by atoms with Gasteiger partial charge in [0, 0.05) is 11.4 Å². The zero-order valence-electron chi connectivity index (χ0n) is 9.11. The third-order valence-electron chi connectivity index (χ3n) is 1.83. The highest BCUT2D eigenvalue weighted by molar-refractivity contribution is 7.11. The van der Waals surface area contributed by atoms with Gasteiger partial charge in [-0.2, -0.15) is 13.2 Å². The number of nitrogens with zero attached hydrogens (tertiary/aromatic N) is 1. The number of amides is 1. The summed E-state index contributed by atoms with van der Waals surface area (Å²) in [7, 11) is 0. The normalized spacial score (nSPS) is 13.1. The van der Waals surface area contributed by atoms with Crippen LogP contribution in [0.5, 0.6) is 0 Å². The first kappa shape index (κ1) is 14.4. The minimum Gasteiger partial charge on any atom is -0.476 e. The summed E-state index contributed by atoms with van der Waals surface area (Å²) >= 11 is 0.761. The fourth-order valence-electron chi connectivity index (χ4n) is 1.16. The van der Waals surface area contributed by atoms with Crippen LogP contribution in [0.1, 0.15) is 33.6 Å². The molecular formula is C9H9F3N2O3S. The van der Waals surface area contributed by atoms with Gasteiger partial charge in [-0.3, -0.25) is 4.79 Å². The van der Waals surface area contributed by atoms with Gasteiger partial charge in [0.2, 0.25) is 0 Å². The molecule has 1 aromatic rings. The molecular weight excluding hydrogens is 273 g/mol. The Labute approximate surface area is 104 Å². The molecule has 18 heavy (non-hydrogen) atoms. The summed E-state index contributed by atoms with van der Waals surface area (Å²) in [6.07, 6.45) is -5.53. The first-order chi connectivity index (χ1) is 8.19. The molecule has 0 saturated heterocycles. The smallest absolute Gasteiger partial charge is 0.391 e. The Kier molecular flexibility index (Phi) is 4.28. The quantitative estimate of drug-likeness (QED) is 0.884. The fraction of sp³-hybridized carbons (Fsp3) is 0.444. The van der Waals surface area contributed by atoms with Crippen molar-refractivity contribution in [2.24, 2.45) is 0 Å². The Morgan fingerprint density at radius 3 is 2.61 bits per heavy atom. The monoisotopic (exact) mass is 282 g/mol. The number of thiazole rings is 1. The van der Waals surface area contributed by atoms with E-state index in [2.05, 4.69) is 10.3 Å². The summed E-state index contributed by atoms with van der Waals surface area (Å²) in [5.74, 6) is -2.11. The Morgan fingerprint density at radius 2 is 2.17 bits per heavy atom. The van der Waals surface area contributed by atoms with Crippen molar-refractivity contribution in [1.82, 2.24) is 10.3 Å². The zero-order valence-corrected chi connectivity index (χ0v) is 9.93. The fourth-order valence-corrected chi connectivity index (χ4v) is 1.85. The van der Waals surface area contributed by atoms with Crippen LogP contribution in [0.3, 0.4) is 0 Å². The molecule has 1 amide bonds. The van der Waals surface area contributed by atoms with Crippen molar-refractivity contribution in [3.8, 4) is 0 Å². The molecule has 0 spiro atoms. The van der Waals surface area contributed by atoms with E-state index in [4.69, 9.17) is 5.11 Å². The molecule has 0 radical (unpaired) electrons. The summed E-state index contributed by atoms with van der Waals surface area (Å²) in [6, 6.07) is -1.10. The van der Waals surface area contributed by atoms with Crippen LogP contribution in [-0.2, 0) is 0 Å². The second kappa shape index (κ2) is 5.34. The van der Waals surface area contributed by atoms with Crippen LogP contribution in [0.15, 0.2) is 5.38 Å². The molecule has 100 valence electrons. The molecule has 9 heteroatoms. The van der Waals surface area contributed by atoms with Gasteiger partial charge < -0.3 is 10.4 Å². The van der Waals surface area contributed by atoms with Gasteiger partial charge in [-0.15, -0.1) is 11.3 Å². The number of carboxylic acid groups (broad SMARTS) is 1. The molecule has 1 aromatic heterocycles. The zero-order chi connectivity index (χ0) is 13.9. The van der Waals surface area contributed by atoms with Gasteiger partial charge in [-0.25, -0.2) is 9.78 Å². The summed E-state index contributed by atoms with van der Waals surface area (Å²) < 4.78 is 36.1. The van der Waals surface area contributed by atoms with Crippen LogP contribution < -0.4 is 5.32 Å². The van der Waals surface area contributed by atoms with Crippen molar-refractivity contribution in [1.29, 1.82) is 0 Å². The van der Waals surface area contributed by atoms with E-state index in [1.807, 2.05) is 0 Å². The Morgan fingerprint density at radius 1 is 1.56 bits per heavy atom. The number of rotatable bonds is 4. The van der Waals surface area contributed by atoms with Crippen molar-refractivity contribution in [2.45, 2.75) is 25.6 Å². The van der Waals surface area contributed by atoms with E-state index in [1.54, 1.807) is 0 Å². The van der Waals surface area contributed by atoms with E-state index in [1.165, 1.54) is 6.92 Å². The van der Waals surface area contributed by atoms with Gasteiger partial charge in [0.1, 0.15) is 0 Å². The van der Waals surface area contributed by atoms with E-state index in [0.717, 1.165) is 16.7 Å². The number of hydrogen-bond donors (Lipinski definition) is 2. The highest BCUT2D eigenvalue weighted by Gasteiger charge is 2.31. The van der Waals surface area contributed by atoms with Gasteiger partial charge >= 0.3 is 12.1 Å². The number of halogens is 3. The summed E-state index contributed by atoms with van der Waals surface area (Å²) in [6.45, 7) is 1.21. The number of aromatic nitrogens is 1. The molecule has 0 bridgehead atoms. The molecule has 1 atom stereocenters. The topological polar surface area (TPSA) is 79.3 Å². The number of carbonyl (C=O) groups excluding carboxylic acids is 1. The van der Waals surface area contributed by atoms with Crippen molar-refractivity contribution in [2.75, 3.05) is 0 Å². The first-order valence-electron chi connectivity index (χ1n) is 4.75. The molecule has 5 nitrogen and oxygen atoms in total. The van der Waals surface area contributed by atoms with Crippen LogP contribution >= 0.6 is 11.3 Å². The molecule has 0 saturated carbocycles. The first-order valence-corrected chi connectivity index (χ1v) is 5.63. The minimum absolute atomic E-state index is 0.179. The molecule has 0 aliphatic carbocycles. The molecule has 2 N–H and O–H groups in total. The predicted octanol–water partition coefficient (Wildman–Crippen LogP) is 1.91. The Bertz CT molecular complexity index is 458. The van der Waals surface area contributed by atoms with Crippen molar-refractivity contribution < 1.29 is 27.9 Å². The summed E-state index contributed by atoms with van der Waals surface area (Å²) in [5.41, 5.74) is -0.311. The highest BCUT2D eigenvalue weighted by atomic mass is 32.1. The van der Waals surface area contributed by atoms with Crippen LogP contribution in [0, 0.1) is 0 Å². The van der Waals surface area contributed by atoms with Gasteiger partial charge in [0.05, 0.1) is 6.42 Å². The lowest BCUT2D eigenvalue weighted by molar-refractivity contribution is -0.138. The van der Waals surface area contributed by atoms with Crippen molar-refractivity contribution in [3.63, 3.8) is 0 Å². The maximum atomic E-state index is 12.0. The average molecular weight is 282 g/mol. The van der Waals surface area contributed by atoms with Gasteiger partial charge in [0.25, 0.3) is 5.91 Å². The van der Waals surface area contributed by atoms with Crippen molar-refractivity contribution >= 4 is 23.2 Å². The third-order valence-corrected chi connectivity index (χ3v) is 2.67. The standard InChI is InChI=1S/C9H9F3N2O3S/c1-4(2-9(10,11)12)13-6(15)7-14-5(3-18-7)8(16)17/h3-4H,2H2,1H3,(H,13,15)(H,16,17). The average Bonchev–Trinajstić information content (AvgIpc) is 2.62. The minimum atomic E-state index is -4.37. The SMILES string of the molecule is CC(CC(F)(F)F)NC(=O)c1nc(C(=O)O)cs1. The molecule has 1 rings (SSSR count). The number of carboxylic acids is 1.